The Balaban J connectivity index is 0.00000261. The average molecular weight is 388 g/mol. The van der Waals surface area contributed by atoms with Crippen molar-refractivity contribution in [3.05, 3.63) is 71.7 Å². The Morgan fingerprint density at radius 1 is 1.26 bits per heavy atom. The lowest BCUT2D eigenvalue weighted by Gasteiger charge is -2.13. The third-order valence-corrected chi connectivity index (χ3v) is 4.18. The first-order valence-electron chi connectivity index (χ1n) is 8.33. The molecule has 0 unspecified atom stereocenters. The second kappa shape index (κ2) is 9.21. The summed E-state index contributed by atoms with van der Waals surface area (Å²) in [5, 5.41) is 12.6. The molecule has 0 radical (unpaired) electrons. The predicted molar refractivity (Wildman–Crippen MR) is 106 cm³/mol. The molecule has 6 nitrogen and oxygen atoms in total. The second-order valence-electron chi connectivity index (χ2n) is 5.98. The van der Waals surface area contributed by atoms with E-state index >= 15 is 0 Å². The summed E-state index contributed by atoms with van der Waals surface area (Å²) in [6, 6.07) is 15.1. The number of ether oxygens (including phenoxy) is 1. The first-order chi connectivity index (χ1) is 12.6. The van der Waals surface area contributed by atoms with E-state index in [0.717, 1.165) is 22.6 Å². The summed E-state index contributed by atoms with van der Waals surface area (Å²) < 4.78 is 5.09. The molecule has 1 atom stereocenters. The summed E-state index contributed by atoms with van der Waals surface area (Å²) in [6.07, 6.45) is 1.89. The Labute approximate surface area is 164 Å². The van der Waals surface area contributed by atoms with Crippen LogP contribution >= 0.6 is 12.4 Å². The van der Waals surface area contributed by atoms with E-state index in [-0.39, 0.29) is 24.0 Å². The number of carboxylic acids is 1. The molecule has 3 aromatic rings. The highest BCUT2D eigenvalue weighted by molar-refractivity contribution is 5.91. The molecule has 7 heteroatoms. The quantitative estimate of drug-likeness (QED) is 0.569. The lowest BCUT2D eigenvalue weighted by Crippen LogP contribution is -2.19. The third-order valence-electron chi connectivity index (χ3n) is 4.18. The Morgan fingerprint density at radius 3 is 2.67 bits per heavy atom. The minimum atomic E-state index is -1.00. The standard InChI is InChI=1S/C20H21N3O3.ClH/c1-13(19-22-12-17(23-19)15-6-4-3-5-7-15)21-11-14-8-9-18(26-2)16(10-14)20(24)25;/h3-10,12-13,21H,11H2,1-2H3,(H,22,23)(H,24,25);1H/t13-;/m0./s1. The van der Waals surface area contributed by atoms with Crippen LogP contribution in [-0.4, -0.2) is 28.2 Å². The summed E-state index contributed by atoms with van der Waals surface area (Å²) in [6.45, 7) is 2.53. The number of rotatable bonds is 7. The van der Waals surface area contributed by atoms with E-state index in [1.54, 1.807) is 12.1 Å². The summed E-state index contributed by atoms with van der Waals surface area (Å²) >= 11 is 0. The lowest BCUT2D eigenvalue weighted by molar-refractivity contribution is 0.0693. The van der Waals surface area contributed by atoms with Gasteiger partial charge in [-0.2, -0.15) is 0 Å². The first kappa shape index (κ1) is 20.5. The van der Waals surface area contributed by atoms with Gasteiger partial charge in [0.25, 0.3) is 0 Å². The van der Waals surface area contributed by atoms with Crippen LogP contribution in [0.4, 0.5) is 0 Å². The van der Waals surface area contributed by atoms with Crippen molar-refractivity contribution in [1.29, 1.82) is 0 Å². The molecule has 0 aliphatic rings. The van der Waals surface area contributed by atoms with E-state index in [1.165, 1.54) is 7.11 Å². The molecule has 3 rings (SSSR count). The number of halogens is 1. The third kappa shape index (κ3) is 4.87. The highest BCUT2D eigenvalue weighted by Gasteiger charge is 2.14. The van der Waals surface area contributed by atoms with Gasteiger partial charge in [-0.3, -0.25) is 0 Å². The maximum absolute atomic E-state index is 11.3. The number of nitrogens with zero attached hydrogens (tertiary/aromatic N) is 1. The fraction of sp³-hybridized carbons (Fsp3) is 0.200. The summed E-state index contributed by atoms with van der Waals surface area (Å²) in [5.41, 5.74) is 2.98. The Hall–Kier alpha value is -2.83. The van der Waals surface area contributed by atoms with E-state index in [1.807, 2.05) is 49.5 Å². The summed E-state index contributed by atoms with van der Waals surface area (Å²) in [4.78, 5) is 19.1. The fourth-order valence-electron chi connectivity index (χ4n) is 2.72. The van der Waals surface area contributed by atoms with Crippen molar-refractivity contribution >= 4 is 18.4 Å². The highest BCUT2D eigenvalue weighted by atomic mass is 35.5. The molecule has 142 valence electrons. The minimum absolute atomic E-state index is 0. The van der Waals surface area contributed by atoms with Crippen LogP contribution in [0.2, 0.25) is 0 Å². The Bertz CT molecular complexity index is 896. The van der Waals surface area contributed by atoms with Crippen molar-refractivity contribution in [2.24, 2.45) is 0 Å². The maximum Gasteiger partial charge on any atom is 0.339 e. The van der Waals surface area contributed by atoms with Crippen LogP contribution in [0.25, 0.3) is 11.3 Å². The number of aromatic carboxylic acids is 1. The largest absolute Gasteiger partial charge is 0.496 e. The molecule has 0 bridgehead atoms. The summed E-state index contributed by atoms with van der Waals surface area (Å²) in [5.74, 6) is 0.180. The molecule has 0 amide bonds. The van der Waals surface area contributed by atoms with Crippen molar-refractivity contribution in [3.8, 4) is 17.0 Å². The maximum atomic E-state index is 11.3. The SMILES string of the molecule is COc1ccc(CN[C@@H](C)c2nc(-c3ccccc3)c[nH]2)cc1C(=O)O.Cl. The lowest BCUT2D eigenvalue weighted by atomic mass is 10.1. The molecule has 0 saturated heterocycles. The van der Waals surface area contributed by atoms with Crippen molar-refractivity contribution in [1.82, 2.24) is 15.3 Å². The van der Waals surface area contributed by atoms with Crippen molar-refractivity contribution in [2.75, 3.05) is 7.11 Å². The molecular weight excluding hydrogens is 366 g/mol. The van der Waals surface area contributed by atoms with E-state index in [0.29, 0.717) is 12.3 Å². The molecule has 0 fully saturated rings. The van der Waals surface area contributed by atoms with Gasteiger partial charge in [0.15, 0.2) is 0 Å². The molecule has 1 heterocycles. The monoisotopic (exact) mass is 387 g/mol. The number of hydrogen-bond donors (Lipinski definition) is 3. The van der Waals surface area contributed by atoms with E-state index in [9.17, 15) is 9.90 Å². The topological polar surface area (TPSA) is 87.2 Å². The number of methoxy groups -OCH3 is 1. The van der Waals surface area contributed by atoms with Crippen LogP contribution in [0.3, 0.4) is 0 Å². The zero-order valence-electron chi connectivity index (χ0n) is 15.1. The molecule has 27 heavy (non-hydrogen) atoms. The first-order valence-corrected chi connectivity index (χ1v) is 8.33. The number of nitrogens with one attached hydrogen (secondary N) is 2. The van der Waals surface area contributed by atoms with Crippen LogP contribution < -0.4 is 10.1 Å². The number of aromatic nitrogens is 2. The van der Waals surface area contributed by atoms with Crippen molar-refractivity contribution in [2.45, 2.75) is 19.5 Å². The van der Waals surface area contributed by atoms with Crippen LogP contribution in [0.5, 0.6) is 5.75 Å². The fourth-order valence-corrected chi connectivity index (χ4v) is 2.72. The van der Waals surface area contributed by atoms with Crippen LogP contribution in [0.1, 0.15) is 34.7 Å². The number of aromatic amines is 1. The van der Waals surface area contributed by atoms with Gasteiger partial charge < -0.3 is 20.1 Å². The van der Waals surface area contributed by atoms with Gasteiger partial charge in [0, 0.05) is 18.3 Å². The number of imidazole rings is 1. The molecule has 2 aromatic carbocycles. The minimum Gasteiger partial charge on any atom is -0.496 e. The molecule has 0 aliphatic heterocycles. The van der Waals surface area contributed by atoms with Crippen molar-refractivity contribution < 1.29 is 14.6 Å². The molecule has 0 saturated carbocycles. The normalized spacial score (nSPS) is 11.5. The molecular formula is C20H22ClN3O3. The number of carboxylic acid groups (broad SMARTS) is 1. The van der Waals surface area contributed by atoms with Gasteiger partial charge >= 0.3 is 5.97 Å². The molecule has 0 spiro atoms. The van der Waals surface area contributed by atoms with Gasteiger partial charge in [0.1, 0.15) is 17.1 Å². The van der Waals surface area contributed by atoms with E-state index in [4.69, 9.17) is 4.74 Å². The van der Waals surface area contributed by atoms with E-state index < -0.39 is 5.97 Å². The number of benzene rings is 2. The van der Waals surface area contributed by atoms with Crippen LogP contribution in [0.15, 0.2) is 54.7 Å². The smallest absolute Gasteiger partial charge is 0.339 e. The summed E-state index contributed by atoms with van der Waals surface area (Å²) in [7, 11) is 1.46. The van der Waals surface area contributed by atoms with Gasteiger partial charge in [0.2, 0.25) is 0 Å². The van der Waals surface area contributed by atoms with Gasteiger partial charge in [-0.15, -0.1) is 12.4 Å². The average Bonchev–Trinajstić information content (AvgIpc) is 3.17. The molecule has 0 aliphatic carbocycles. The van der Waals surface area contributed by atoms with Crippen molar-refractivity contribution in [3.63, 3.8) is 0 Å². The van der Waals surface area contributed by atoms with E-state index in [2.05, 4.69) is 15.3 Å². The van der Waals surface area contributed by atoms with Crippen LogP contribution in [-0.2, 0) is 6.54 Å². The highest BCUT2D eigenvalue weighted by Crippen LogP contribution is 2.21. The van der Waals surface area contributed by atoms with Gasteiger partial charge in [-0.05, 0) is 24.6 Å². The molecule has 3 N–H and O–H groups in total. The second-order valence-corrected chi connectivity index (χ2v) is 5.98. The zero-order chi connectivity index (χ0) is 18.5. The predicted octanol–water partition coefficient (Wildman–Crippen LogP) is 4.06. The van der Waals surface area contributed by atoms with Gasteiger partial charge in [-0.25, -0.2) is 9.78 Å². The van der Waals surface area contributed by atoms with Gasteiger partial charge in [-0.1, -0.05) is 36.4 Å². The number of hydrogen-bond acceptors (Lipinski definition) is 4. The molecule has 1 aromatic heterocycles. The Kier molecular flexibility index (Phi) is 6.98. The van der Waals surface area contributed by atoms with Gasteiger partial charge in [0.05, 0.1) is 18.8 Å². The van der Waals surface area contributed by atoms with Crippen LogP contribution in [0, 0.1) is 0 Å². The number of carbonyl (C=O) groups is 1. The number of H-pyrrole nitrogens is 1. The zero-order valence-corrected chi connectivity index (χ0v) is 15.9. The Morgan fingerprint density at radius 2 is 2.00 bits per heavy atom.